The maximum atomic E-state index is 11.4. The molecule has 0 aromatic rings. The van der Waals surface area contributed by atoms with Crippen LogP contribution in [-0.2, 0) is 18.9 Å². The first-order valence-corrected chi connectivity index (χ1v) is 21.1. The van der Waals surface area contributed by atoms with Gasteiger partial charge in [-0.3, -0.25) is 0 Å². The second kappa shape index (κ2) is 16.1. The van der Waals surface area contributed by atoms with Gasteiger partial charge in [0.15, 0.2) is 12.6 Å². The number of hydrogen-bond donors (Lipinski definition) is 11. The highest BCUT2D eigenvalue weighted by atomic mass is 16.7. The third-order valence-corrected chi connectivity index (χ3v) is 16.7. The van der Waals surface area contributed by atoms with Crippen LogP contribution in [0, 0.1) is 45.3 Å². The van der Waals surface area contributed by atoms with Crippen molar-refractivity contribution in [3.8, 4) is 0 Å². The molecule has 0 aromatic carbocycles. The van der Waals surface area contributed by atoms with Crippen molar-refractivity contribution < 1.29 is 75.1 Å². The first-order chi connectivity index (χ1) is 26.4. The summed E-state index contributed by atoms with van der Waals surface area (Å²) in [6.45, 7) is 15.2. The Morgan fingerprint density at radius 2 is 1.35 bits per heavy atom. The molecular weight excluding hydrogens is 744 g/mol. The van der Waals surface area contributed by atoms with E-state index in [9.17, 15) is 56.2 Å². The Bertz CT molecular complexity index is 1440. The Balaban J connectivity index is 1.15. The van der Waals surface area contributed by atoms with Crippen LogP contribution in [0.5, 0.6) is 0 Å². The Morgan fingerprint density at radius 1 is 0.754 bits per heavy atom. The molecule has 2 aliphatic heterocycles. The van der Waals surface area contributed by atoms with E-state index >= 15 is 0 Å². The summed E-state index contributed by atoms with van der Waals surface area (Å²) in [6, 6.07) is 0. The fraction of sp³-hybridized carbons (Fsp3) is 0.952. The average molecular weight is 817 g/mol. The van der Waals surface area contributed by atoms with Crippen molar-refractivity contribution in [1.82, 2.24) is 0 Å². The van der Waals surface area contributed by atoms with Crippen LogP contribution in [0.1, 0.15) is 100 Å². The standard InChI is InChI=1S/C42H72O15/c1-19(27(44)32(49)35(52)39(4,5)53)20-13-14-42(8)25-11-9-21-22(40(25,6)15-16-41(20,42)7)10-12-26(38(21,2)3)57-37-34(51)31(48)29(46)24(56-37)18-54-36-33(50)30(47)28(45)23(17-43)55-36/h9,19-20,22-37,43-53H,10-18H2,1-8H3/t19-,20+,22+,23?,24?,25+,26-,27?,28?,29?,30?,31?,32+,33?,34?,35+,36?,37?,40-,41+,42-/m0/s1. The molecule has 5 fully saturated rings. The number of allylic oxidation sites excluding steroid dienone is 1. The van der Waals surface area contributed by atoms with Crippen molar-refractivity contribution in [3.63, 3.8) is 0 Å². The zero-order valence-corrected chi connectivity index (χ0v) is 34.9. The topological polar surface area (TPSA) is 259 Å². The van der Waals surface area contributed by atoms with Gasteiger partial charge in [0.1, 0.15) is 61.0 Å². The SMILES string of the molecule is C[C@H](C(O)[C@@H](O)[C@@H](O)C(C)(C)O)[C@H]1CC[C@@]2(C)[C@@H]3CC=C4[C@@H](CC[C@H](OC5OC(COC6OC(CO)C(O)C(O)C6O)C(O)C(O)C5O)C4(C)C)[C@]3(C)CC[C@]12C. The highest BCUT2D eigenvalue weighted by molar-refractivity contribution is 5.30. The van der Waals surface area contributed by atoms with Crippen molar-refractivity contribution in [2.45, 2.75) is 192 Å². The quantitative estimate of drug-likeness (QED) is 0.124. The zero-order chi connectivity index (χ0) is 42.4. The van der Waals surface area contributed by atoms with Crippen LogP contribution in [0.15, 0.2) is 11.6 Å². The summed E-state index contributed by atoms with van der Waals surface area (Å²) in [6.07, 6.45) is -11.0. The van der Waals surface area contributed by atoms with E-state index in [2.05, 4.69) is 40.7 Å². The van der Waals surface area contributed by atoms with Gasteiger partial charge >= 0.3 is 0 Å². The normalized spacial score (nSPS) is 49.5. The van der Waals surface area contributed by atoms with E-state index in [1.54, 1.807) is 0 Å². The largest absolute Gasteiger partial charge is 0.394 e. The van der Waals surface area contributed by atoms with E-state index in [-0.39, 0.29) is 34.0 Å². The second-order valence-electron chi connectivity index (χ2n) is 20.4. The molecule has 15 heteroatoms. The number of ether oxygens (including phenoxy) is 4. The molecule has 330 valence electrons. The number of fused-ring (bicyclic) bond motifs is 5. The minimum atomic E-state index is -1.67. The van der Waals surface area contributed by atoms with Gasteiger partial charge < -0.3 is 75.1 Å². The summed E-state index contributed by atoms with van der Waals surface area (Å²) in [7, 11) is 0. The fourth-order valence-corrected chi connectivity index (χ4v) is 12.7. The predicted octanol–water partition coefficient (Wildman–Crippen LogP) is 0.0906. The molecule has 0 amide bonds. The van der Waals surface area contributed by atoms with Gasteiger partial charge in [0.05, 0.1) is 31.0 Å². The summed E-state index contributed by atoms with van der Waals surface area (Å²) in [5.41, 5.74) is -0.959. The summed E-state index contributed by atoms with van der Waals surface area (Å²) in [5, 5.41) is 116. The maximum absolute atomic E-state index is 11.4. The summed E-state index contributed by atoms with van der Waals surface area (Å²) in [4.78, 5) is 0. The lowest BCUT2D eigenvalue weighted by molar-refractivity contribution is -0.340. The molecule has 6 aliphatic rings. The third kappa shape index (κ3) is 7.49. The fourth-order valence-electron chi connectivity index (χ4n) is 12.7. The molecule has 0 spiro atoms. The maximum Gasteiger partial charge on any atom is 0.187 e. The van der Waals surface area contributed by atoms with Crippen LogP contribution in [0.25, 0.3) is 0 Å². The molecule has 11 N–H and O–H groups in total. The van der Waals surface area contributed by atoms with E-state index < -0.39 is 110 Å². The van der Waals surface area contributed by atoms with Crippen molar-refractivity contribution >= 4 is 0 Å². The van der Waals surface area contributed by atoms with E-state index in [1.807, 2.05) is 6.92 Å². The molecule has 57 heavy (non-hydrogen) atoms. The van der Waals surface area contributed by atoms with E-state index in [1.165, 1.54) is 19.4 Å². The Hall–Kier alpha value is -0.860. The molecule has 4 aliphatic carbocycles. The van der Waals surface area contributed by atoms with Crippen molar-refractivity contribution in [1.29, 1.82) is 0 Å². The van der Waals surface area contributed by atoms with Crippen molar-refractivity contribution in [2.24, 2.45) is 45.3 Å². The van der Waals surface area contributed by atoms with Crippen LogP contribution < -0.4 is 0 Å². The monoisotopic (exact) mass is 816 g/mol. The summed E-state index contributed by atoms with van der Waals surface area (Å²) < 4.78 is 23.6. The van der Waals surface area contributed by atoms with Crippen LogP contribution in [0.4, 0.5) is 0 Å². The lowest BCUT2D eigenvalue weighted by atomic mass is 9.39. The van der Waals surface area contributed by atoms with Crippen LogP contribution in [0.3, 0.4) is 0 Å². The lowest BCUT2D eigenvalue weighted by Gasteiger charge is -2.66. The van der Waals surface area contributed by atoms with Gasteiger partial charge in [0, 0.05) is 5.41 Å². The predicted molar refractivity (Wildman–Crippen MR) is 204 cm³/mol. The average Bonchev–Trinajstić information content (AvgIpc) is 3.43. The number of aliphatic hydroxyl groups is 11. The molecule has 3 saturated carbocycles. The zero-order valence-electron chi connectivity index (χ0n) is 34.9. The van der Waals surface area contributed by atoms with Crippen molar-refractivity contribution in [3.05, 3.63) is 11.6 Å². The molecular formula is C42H72O15. The summed E-state index contributed by atoms with van der Waals surface area (Å²) in [5.74, 6) is 0.434. The molecule has 0 radical (unpaired) electrons. The highest BCUT2D eigenvalue weighted by Crippen LogP contribution is 2.75. The first-order valence-electron chi connectivity index (χ1n) is 21.1. The van der Waals surface area contributed by atoms with Gasteiger partial charge in [-0.1, -0.05) is 53.2 Å². The lowest BCUT2D eigenvalue weighted by Crippen LogP contribution is -2.63. The minimum absolute atomic E-state index is 0.0258. The summed E-state index contributed by atoms with van der Waals surface area (Å²) >= 11 is 0. The van der Waals surface area contributed by atoms with Crippen LogP contribution >= 0.6 is 0 Å². The third-order valence-electron chi connectivity index (χ3n) is 16.7. The van der Waals surface area contributed by atoms with Gasteiger partial charge in [-0.25, -0.2) is 0 Å². The van der Waals surface area contributed by atoms with Gasteiger partial charge in [-0.05, 0) is 98.7 Å². The molecule has 11 unspecified atom stereocenters. The molecule has 0 bridgehead atoms. The number of hydrogen-bond acceptors (Lipinski definition) is 15. The Kier molecular flexibility index (Phi) is 12.9. The second-order valence-corrected chi connectivity index (χ2v) is 20.4. The number of aliphatic hydroxyl groups excluding tert-OH is 10. The Labute approximate surface area is 336 Å². The molecule has 6 rings (SSSR count). The minimum Gasteiger partial charge on any atom is -0.394 e. The molecule has 2 saturated heterocycles. The van der Waals surface area contributed by atoms with E-state index in [0.717, 1.165) is 38.5 Å². The van der Waals surface area contributed by atoms with Gasteiger partial charge in [-0.2, -0.15) is 0 Å². The van der Waals surface area contributed by atoms with Crippen LogP contribution in [-0.4, -0.2) is 161 Å². The van der Waals surface area contributed by atoms with Gasteiger partial charge in [0.25, 0.3) is 0 Å². The molecule has 2 heterocycles. The number of rotatable bonds is 11. The Morgan fingerprint density at radius 3 is 1.96 bits per heavy atom. The van der Waals surface area contributed by atoms with Gasteiger partial charge in [0.2, 0.25) is 0 Å². The van der Waals surface area contributed by atoms with Crippen molar-refractivity contribution in [2.75, 3.05) is 13.2 Å². The van der Waals surface area contributed by atoms with E-state index in [4.69, 9.17) is 18.9 Å². The molecule has 15 nitrogen and oxygen atoms in total. The highest BCUT2D eigenvalue weighted by Gasteiger charge is 2.68. The first kappa shape index (κ1) is 45.7. The van der Waals surface area contributed by atoms with Gasteiger partial charge in [-0.15, -0.1) is 0 Å². The molecule has 21 atom stereocenters. The smallest absolute Gasteiger partial charge is 0.187 e. The van der Waals surface area contributed by atoms with Crippen LogP contribution in [0.2, 0.25) is 0 Å². The molecule has 0 aromatic heterocycles. The van der Waals surface area contributed by atoms with E-state index in [0.29, 0.717) is 12.3 Å².